The Hall–Kier alpha value is -1.64. The van der Waals surface area contributed by atoms with E-state index in [1.165, 1.54) is 11.3 Å². The van der Waals surface area contributed by atoms with Gasteiger partial charge in [0.05, 0.1) is 11.4 Å². The van der Waals surface area contributed by atoms with Crippen LogP contribution in [0.1, 0.15) is 30.4 Å². The number of hydrogen-bond donors (Lipinski definition) is 0. The molecule has 1 atom stereocenters. The summed E-state index contributed by atoms with van der Waals surface area (Å²) in [5.41, 5.74) is 0. The van der Waals surface area contributed by atoms with Gasteiger partial charge in [-0.1, -0.05) is 31.8 Å². The summed E-state index contributed by atoms with van der Waals surface area (Å²) in [6, 6.07) is 3.32. The molecule has 0 saturated carbocycles. The van der Waals surface area contributed by atoms with Gasteiger partial charge in [0.15, 0.2) is 6.10 Å². The van der Waals surface area contributed by atoms with Crippen LogP contribution in [-0.4, -0.2) is 42.4 Å². The van der Waals surface area contributed by atoms with Gasteiger partial charge in [-0.3, -0.25) is 9.69 Å². The van der Waals surface area contributed by atoms with E-state index < -0.39 is 17.9 Å². The fraction of sp³-hybridized carbons (Fsp3) is 0.467. The van der Waals surface area contributed by atoms with Crippen LogP contribution in [0.3, 0.4) is 0 Å². The summed E-state index contributed by atoms with van der Waals surface area (Å²) in [4.78, 5) is 25.9. The van der Waals surface area contributed by atoms with Crippen LogP contribution in [0.25, 0.3) is 0 Å². The molecule has 0 aromatic carbocycles. The fourth-order valence-corrected chi connectivity index (χ4v) is 2.15. The second-order valence-corrected chi connectivity index (χ2v) is 5.08. The lowest BCUT2D eigenvalue weighted by Gasteiger charge is -2.13. The van der Waals surface area contributed by atoms with Crippen molar-refractivity contribution in [3.05, 3.63) is 22.4 Å². The second-order valence-electron chi connectivity index (χ2n) is 4.14. The standard InChI is InChI=1S/C15H19NO3S/c1-4-16(5-2)10-6-8-12(3)19-15(18)14(17)13-9-7-11-20-13/h7,9,11-12H,4-5,10H2,1-3H3. The monoisotopic (exact) mass is 293 g/mol. The van der Waals surface area contributed by atoms with Crippen LogP contribution in [-0.2, 0) is 9.53 Å². The Balaban J connectivity index is 2.46. The zero-order chi connectivity index (χ0) is 15.0. The smallest absolute Gasteiger partial charge is 0.381 e. The van der Waals surface area contributed by atoms with Gasteiger partial charge in [-0.25, -0.2) is 4.79 Å². The normalized spacial score (nSPS) is 11.6. The minimum absolute atomic E-state index is 0.387. The molecule has 1 rings (SSSR count). The Morgan fingerprint density at radius 2 is 2.10 bits per heavy atom. The topological polar surface area (TPSA) is 46.6 Å². The number of rotatable bonds is 6. The van der Waals surface area contributed by atoms with E-state index >= 15 is 0 Å². The molecule has 0 radical (unpaired) electrons. The van der Waals surface area contributed by atoms with Crippen molar-refractivity contribution in [2.75, 3.05) is 19.6 Å². The zero-order valence-corrected chi connectivity index (χ0v) is 12.8. The average molecular weight is 293 g/mol. The van der Waals surface area contributed by atoms with Gasteiger partial charge in [0.25, 0.3) is 5.78 Å². The maximum Gasteiger partial charge on any atom is 0.381 e. The van der Waals surface area contributed by atoms with Crippen LogP contribution in [0.2, 0.25) is 0 Å². The van der Waals surface area contributed by atoms with Crippen molar-refractivity contribution >= 4 is 23.1 Å². The molecule has 0 amide bonds. The molecule has 0 aliphatic rings. The Labute approximate surface area is 123 Å². The summed E-state index contributed by atoms with van der Waals surface area (Å²) in [5.74, 6) is 4.32. The van der Waals surface area contributed by atoms with E-state index in [-0.39, 0.29) is 0 Å². The van der Waals surface area contributed by atoms with Gasteiger partial charge in [0.2, 0.25) is 0 Å². The van der Waals surface area contributed by atoms with Crippen LogP contribution in [0.4, 0.5) is 0 Å². The summed E-state index contributed by atoms with van der Waals surface area (Å²) in [5, 5.41) is 1.74. The van der Waals surface area contributed by atoms with Crippen LogP contribution >= 0.6 is 11.3 Å². The second kappa shape index (κ2) is 8.51. The number of thiophene rings is 1. The first-order valence-corrected chi connectivity index (χ1v) is 7.46. The molecular formula is C15H19NO3S. The van der Waals surface area contributed by atoms with Gasteiger partial charge < -0.3 is 4.74 Å². The lowest BCUT2D eigenvalue weighted by molar-refractivity contribution is -0.140. The molecule has 0 aliphatic carbocycles. The highest BCUT2D eigenvalue weighted by molar-refractivity contribution is 7.12. The highest BCUT2D eigenvalue weighted by Gasteiger charge is 2.20. The van der Waals surface area contributed by atoms with E-state index in [4.69, 9.17) is 4.74 Å². The molecule has 108 valence electrons. The van der Waals surface area contributed by atoms with Gasteiger partial charge in [-0.2, -0.15) is 0 Å². The third-order valence-electron chi connectivity index (χ3n) is 2.72. The summed E-state index contributed by atoms with van der Waals surface area (Å²) in [6.07, 6.45) is -0.582. The first-order chi connectivity index (χ1) is 9.58. The predicted octanol–water partition coefficient (Wildman–Crippen LogP) is 2.21. The molecule has 20 heavy (non-hydrogen) atoms. The quantitative estimate of drug-likeness (QED) is 0.349. The van der Waals surface area contributed by atoms with Gasteiger partial charge in [0.1, 0.15) is 0 Å². The molecule has 0 N–H and O–H groups in total. The highest BCUT2D eigenvalue weighted by atomic mass is 32.1. The van der Waals surface area contributed by atoms with Gasteiger partial charge in [-0.05, 0) is 31.5 Å². The van der Waals surface area contributed by atoms with Gasteiger partial charge in [0, 0.05) is 0 Å². The number of carbonyl (C=O) groups excluding carboxylic acids is 2. The summed E-state index contributed by atoms with van der Waals surface area (Å²) >= 11 is 1.22. The van der Waals surface area contributed by atoms with Gasteiger partial charge in [-0.15, -0.1) is 11.3 Å². The van der Waals surface area contributed by atoms with Crippen molar-refractivity contribution < 1.29 is 14.3 Å². The van der Waals surface area contributed by atoms with Crippen molar-refractivity contribution in [1.82, 2.24) is 4.90 Å². The number of carbonyl (C=O) groups is 2. The maximum atomic E-state index is 11.7. The minimum Gasteiger partial charge on any atom is -0.443 e. The van der Waals surface area contributed by atoms with Gasteiger partial charge >= 0.3 is 5.97 Å². The molecule has 4 nitrogen and oxygen atoms in total. The third kappa shape index (κ3) is 5.16. The SMILES string of the molecule is CCN(CC)CC#CC(C)OC(=O)C(=O)c1cccs1. The molecular weight excluding hydrogens is 274 g/mol. The lowest BCUT2D eigenvalue weighted by atomic mass is 10.3. The van der Waals surface area contributed by atoms with E-state index in [2.05, 4.69) is 30.6 Å². The predicted molar refractivity (Wildman–Crippen MR) is 79.8 cm³/mol. The van der Waals surface area contributed by atoms with Crippen molar-refractivity contribution in [2.24, 2.45) is 0 Å². The van der Waals surface area contributed by atoms with Crippen molar-refractivity contribution in [3.63, 3.8) is 0 Å². The highest BCUT2D eigenvalue weighted by Crippen LogP contribution is 2.10. The summed E-state index contributed by atoms with van der Waals surface area (Å²) in [7, 11) is 0. The molecule has 1 heterocycles. The molecule has 1 aromatic heterocycles. The average Bonchev–Trinajstić information content (AvgIpc) is 2.96. The van der Waals surface area contributed by atoms with Crippen molar-refractivity contribution in [1.29, 1.82) is 0 Å². The summed E-state index contributed by atoms with van der Waals surface area (Å²) < 4.78 is 5.01. The number of hydrogen-bond acceptors (Lipinski definition) is 5. The number of nitrogens with zero attached hydrogens (tertiary/aromatic N) is 1. The van der Waals surface area contributed by atoms with Crippen molar-refractivity contribution in [2.45, 2.75) is 26.9 Å². The van der Waals surface area contributed by atoms with E-state index in [0.29, 0.717) is 11.4 Å². The van der Waals surface area contributed by atoms with E-state index in [0.717, 1.165) is 13.1 Å². The molecule has 0 aliphatic heterocycles. The molecule has 5 heteroatoms. The maximum absolute atomic E-state index is 11.7. The van der Waals surface area contributed by atoms with Crippen LogP contribution < -0.4 is 0 Å². The molecule has 0 saturated heterocycles. The first-order valence-electron chi connectivity index (χ1n) is 6.58. The molecule has 1 aromatic rings. The Kier molecular flexibility index (Phi) is 6.99. The van der Waals surface area contributed by atoms with Crippen molar-refractivity contribution in [3.8, 4) is 11.8 Å². The molecule has 1 unspecified atom stereocenters. The minimum atomic E-state index is -0.850. The third-order valence-corrected chi connectivity index (χ3v) is 3.59. The zero-order valence-electron chi connectivity index (χ0n) is 12.0. The van der Waals surface area contributed by atoms with E-state index in [9.17, 15) is 9.59 Å². The Morgan fingerprint density at radius 3 is 2.65 bits per heavy atom. The van der Waals surface area contributed by atoms with Crippen LogP contribution in [0.15, 0.2) is 17.5 Å². The molecule has 0 spiro atoms. The van der Waals surface area contributed by atoms with Crippen LogP contribution in [0.5, 0.6) is 0 Å². The Bertz CT molecular complexity index is 495. The lowest BCUT2D eigenvalue weighted by Crippen LogP contribution is -2.24. The Morgan fingerprint density at radius 1 is 1.40 bits per heavy atom. The van der Waals surface area contributed by atoms with Crippen LogP contribution in [0, 0.1) is 11.8 Å². The number of ketones is 1. The molecule has 0 fully saturated rings. The van der Waals surface area contributed by atoms with E-state index in [1.807, 2.05) is 0 Å². The fourth-order valence-electron chi connectivity index (χ4n) is 1.50. The first kappa shape index (κ1) is 16.4. The largest absolute Gasteiger partial charge is 0.443 e. The van der Waals surface area contributed by atoms with E-state index in [1.54, 1.807) is 24.4 Å². The molecule has 0 bridgehead atoms. The number of ether oxygens (including phenoxy) is 1. The number of esters is 1. The summed E-state index contributed by atoms with van der Waals surface area (Å²) in [6.45, 7) is 8.28. The number of Topliss-reactive ketones (excluding diaryl/α,β-unsaturated/α-hetero) is 1.